The second kappa shape index (κ2) is 3.24. The molecular formula is C11H15N3O. The van der Waals surface area contributed by atoms with Crippen LogP contribution in [0.5, 0.6) is 0 Å². The average Bonchev–Trinajstić information content (AvgIpc) is 2.67. The highest BCUT2D eigenvalue weighted by molar-refractivity contribution is 5.90. The third-order valence-electron chi connectivity index (χ3n) is 2.79. The van der Waals surface area contributed by atoms with Crippen LogP contribution in [0.25, 0.3) is 0 Å². The Balaban J connectivity index is 2.01. The predicted molar refractivity (Wildman–Crippen MR) is 59.1 cm³/mol. The summed E-state index contributed by atoms with van der Waals surface area (Å²) in [5.41, 5.74) is 0.650. The molecule has 1 aliphatic heterocycles. The Morgan fingerprint density at radius 3 is 2.27 bits per heavy atom. The first-order valence-electron chi connectivity index (χ1n) is 4.93. The van der Waals surface area contributed by atoms with Crippen LogP contribution in [0.15, 0.2) is 30.3 Å². The number of amides is 2. The first-order valence-corrected chi connectivity index (χ1v) is 4.93. The average molecular weight is 205 g/mol. The lowest BCUT2D eigenvalue weighted by molar-refractivity contribution is 0.226. The van der Waals surface area contributed by atoms with Crippen LogP contribution in [0.1, 0.15) is 13.8 Å². The second-order valence-electron chi connectivity index (χ2n) is 4.13. The molecule has 0 bridgehead atoms. The van der Waals surface area contributed by atoms with Crippen molar-refractivity contribution >= 4 is 11.7 Å². The Labute approximate surface area is 89.5 Å². The molecule has 0 aromatic heterocycles. The minimum Gasteiger partial charge on any atom is -0.307 e. The van der Waals surface area contributed by atoms with Crippen molar-refractivity contribution < 1.29 is 4.79 Å². The molecule has 0 aliphatic carbocycles. The lowest BCUT2D eigenvalue weighted by Gasteiger charge is -2.06. The van der Waals surface area contributed by atoms with Gasteiger partial charge in [-0.25, -0.2) is 9.80 Å². The first kappa shape index (κ1) is 9.98. The highest BCUT2D eigenvalue weighted by Gasteiger charge is 2.54. The smallest absolute Gasteiger partial charge is 0.307 e. The summed E-state index contributed by atoms with van der Waals surface area (Å²) in [6.45, 7) is 4.00. The van der Waals surface area contributed by atoms with Gasteiger partial charge in [0.25, 0.3) is 0 Å². The Kier molecular flexibility index (Phi) is 2.16. The number of nitrogens with one attached hydrogen (secondary N) is 1. The molecule has 0 saturated carbocycles. The fraction of sp³-hybridized carbons (Fsp3) is 0.364. The monoisotopic (exact) mass is 205 g/mol. The predicted octanol–water partition coefficient (Wildman–Crippen LogP) is 2.12. The molecule has 0 spiro atoms. The maximum atomic E-state index is 11.8. The molecule has 1 fully saturated rings. The van der Waals surface area contributed by atoms with Crippen LogP contribution < -0.4 is 5.32 Å². The second-order valence-corrected chi connectivity index (χ2v) is 4.13. The Morgan fingerprint density at radius 2 is 1.80 bits per heavy atom. The van der Waals surface area contributed by atoms with E-state index in [1.165, 1.54) is 0 Å². The quantitative estimate of drug-likeness (QED) is 0.713. The van der Waals surface area contributed by atoms with Crippen molar-refractivity contribution in [1.29, 1.82) is 0 Å². The number of carbonyl (C=O) groups is 1. The summed E-state index contributed by atoms with van der Waals surface area (Å²) >= 11 is 0. The molecule has 0 radical (unpaired) electrons. The first-order chi connectivity index (χ1) is 7.03. The van der Waals surface area contributed by atoms with E-state index in [2.05, 4.69) is 5.32 Å². The normalized spacial score (nSPS) is 22.3. The molecule has 15 heavy (non-hydrogen) atoms. The number of benzene rings is 1. The molecule has 1 aliphatic rings. The zero-order chi connectivity index (χ0) is 11.1. The highest BCUT2D eigenvalue weighted by Crippen LogP contribution is 2.36. The summed E-state index contributed by atoms with van der Waals surface area (Å²) in [6.07, 6.45) is 0. The fourth-order valence-corrected chi connectivity index (χ4v) is 1.60. The Morgan fingerprint density at radius 1 is 1.27 bits per heavy atom. The largest absolute Gasteiger partial charge is 0.338 e. The van der Waals surface area contributed by atoms with Gasteiger partial charge in [-0.2, -0.15) is 5.01 Å². The maximum Gasteiger partial charge on any atom is 0.338 e. The number of hydrazine groups is 1. The lowest BCUT2D eigenvalue weighted by Crippen LogP contribution is -2.24. The van der Waals surface area contributed by atoms with Crippen molar-refractivity contribution in [3.8, 4) is 0 Å². The van der Waals surface area contributed by atoms with Crippen molar-refractivity contribution in [3.63, 3.8) is 0 Å². The van der Waals surface area contributed by atoms with E-state index in [9.17, 15) is 4.79 Å². The van der Waals surface area contributed by atoms with E-state index in [0.29, 0.717) is 0 Å². The standard InChI is InChI=1S/C11H15N3O/c1-11(2)13(3)14(11)10(15)12-9-7-5-4-6-8-9/h4-8H,1-3H3,(H,12,15). The summed E-state index contributed by atoms with van der Waals surface area (Å²) in [6, 6.07) is 9.36. The van der Waals surface area contributed by atoms with E-state index in [4.69, 9.17) is 0 Å². The molecule has 1 atom stereocenters. The van der Waals surface area contributed by atoms with Gasteiger partial charge in [-0.15, -0.1) is 0 Å². The molecule has 2 amide bonds. The van der Waals surface area contributed by atoms with Gasteiger partial charge in [-0.3, -0.25) is 0 Å². The zero-order valence-corrected chi connectivity index (χ0v) is 9.19. The van der Waals surface area contributed by atoms with Crippen LogP contribution >= 0.6 is 0 Å². The molecule has 80 valence electrons. The summed E-state index contributed by atoms with van der Waals surface area (Å²) in [5.74, 6) is 0. The SMILES string of the molecule is CN1N(C(=O)Nc2ccccc2)C1(C)C. The molecule has 1 unspecified atom stereocenters. The van der Waals surface area contributed by atoms with Crippen LogP contribution in [0.2, 0.25) is 0 Å². The Hall–Kier alpha value is -1.55. The van der Waals surface area contributed by atoms with Crippen molar-refractivity contribution in [1.82, 2.24) is 10.0 Å². The van der Waals surface area contributed by atoms with Crippen LogP contribution in [-0.2, 0) is 0 Å². The van der Waals surface area contributed by atoms with Crippen LogP contribution in [-0.4, -0.2) is 28.8 Å². The van der Waals surface area contributed by atoms with E-state index in [1.54, 1.807) is 5.01 Å². The fourth-order valence-electron chi connectivity index (χ4n) is 1.60. The number of hydrogen-bond donors (Lipinski definition) is 1. The molecule has 1 aromatic rings. The van der Waals surface area contributed by atoms with Gasteiger partial charge in [0.1, 0.15) is 5.66 Å². The number of hydrogen-bond acceptors (Lipinski definition) is 2. The van der Waals surface area contributed by atoms with Gasteiger partial charge in [0.15, 0.2) is 0 Å². The summed E-state index contributed by atoms with van der Waals surface area (Å²) in [7, 11) is 1.89. The van der Waals surface area contributed by atoms with E-state index >= 15 is 0 Å². The maximum absolute atomic E-state index is 11.8. The van der Waals surface area contributed by atoms with Crippen LogP contribution in [0.4, 0.5) is 10.5 Å². The van der Waals surface area contributed by atoms with Gasteiger partial charge in [0, 0.05) is 12.7 Å². The van der Waals surface area contributed by atoms with Crippen molar-refractivity contribution in [2.75, 3.05) is 12.4 Å². The molecule has 1 N–H and O–H groups in total. The van der Waals surface area contributed by atoms with Gasteiger partial charge < -0.3 is 5.32 Å². The van der Waals surface area contributed by atoms with E-state index in [1.807, 2.05) is 56.2 Å². The molecule has 4 nitrogen and oxygen atoms in total. The third kappa shape index (κ3) is 1.68. The minimum atomic E-state index is -0.168. The number of nitrogens with zero attached hydrogens (tertiary/aromatic N) is 2. The Bertz CT molecular complexity index is 375. The lowest BCUT2D eigenvalue weighted by atomic mass is 10.3. The highest BCUT2D eigenvalue weighted by atomic mass is 16.2. The van der Waals surface area contributed by atoms with Crippen molar-refractivity contribution in [2.45, 2.75) is 19.5 Å². The van der Waals surface area contributed by atoms with E-state index in [0.717, 1.165) is 5.69 Å². The van der Waals surface area contributed by atoms with Crippen molar-refractivity contribution in [3.05, 3.63) is 30.3 Å². The number of anilines is 1. The van der Waals surface area contributed by atoms with Crippen LogP contribution in [0, 0.1) is 0 Å². The van der Waals surface area contributed by atoms with E-state index < -0.39 is 0 Å². The number of urea groups is 1. The summed E-state index contributed by atoms with van der Waals surface area (Å²) < 4.78 is 0. The molecule has 1 saturated heterocycles. The van der Waals surface area contributed by atoms with Crippen molar-refractivity contribution in [2.24, 2.45) is 0 Å². The zero-order valence-electron chi connectivity index (χ0n) is 9.19. The van der Waals surface area contributed by atoms with E-state index in [-0.39, 0.29) is 11.7 Å². The van der Waals surface area contributed by atoms with Gasteiger partial charge in [0.2, 0.25) is 0 Å². The van der Waals surface area contributed by atoms with Crippen LogP contribution in [0.3, 0.4) is 0 Å². The number of carbonyl (C=O) groups excluding carboxylic acids is 1. The molecule has 2 rings (SSSR count). The third-order valence-corrected chi connectivity index (χ3v) is 2.79. The van der Waals surface area contributed by atoms with Gasteiger partial charge >= 0.3 is 6.03 Å². The topological polar surface area (TPSA) is 35.1 Å². The minimum absolute atomic E-state index is 0.0892. The summed E-state index contributed by atoms with van der Waals surface area (Å²) in [4.78, 5) is 11.8. The molecular weight excluding hydrogens is 190 g/mol. The molecule has 4 heteroatoms. The van der Waals surface area contributed by atoms with Gasteiger partial charge in [0.05, 0.1) is 0 Å². The molecule has 1 heterocycles. The summed E-state index contributed by atoms with van der Waals surface area (Å²) in [5, 5.41) is 6.41. The van der Waals surface area contributed by atoms with Gasteiger partial charge in [-0.1, -0.05) is 18.2 Å². The number of para-hydroxylation sites is 1. The number of rotatable bonds is 1. The van der Waals surface area contributed by atoms with Gasteiger partial charge in [-0.05, 0) is 26.0 Å². The molecule has 1 aromatic carbocycles.